The van der Waals surface area contributed by atoms with Crippen LogP contribution in [-0.4, -0.2) is 0 Å². The molecule has 0 nitrogen and oxygen atoms in total. The molecule has 0 amide bonds. The Kier molecular flexibility index (Phi) is 13.7. The molecule has 20 heavy (non-hydrogen) atoms. The molecular formula is C19H39Rh. The topological polar surface area (TPSA) is 0 Å². The second kappa shape index (κ2) is 13.3. The van der Waals surface area contributed by atoms with Gasteiger partial charge in [-0.25, -0.2) is 0 Å². The van der Waals surface area contributed by atoms with Gasteiger partial charge in [0.2, 0.25) is 0 Å². The molecule has 0 aliphatic rings. The van der Waals surface area contributed by atoms with Gasteiger partial charge in [-0.1, -0.05) is 20.3 Å². The Balaban J connectivity index is 3.43. The van der Waals surface area contributed by atoms with Crippen molar-refractivity contribution in [3.8, 4) is 0 Å². The van der Waals surface area contributed by atoms with E-state index in [-0.39, 0.29) is 0 Å². The number of rotatable bonds is 13. The van der Waals surface area contributed by atoms with Crippen LogP contribution < -0.4 is 0 Å². The van der Waals surface area contributed by atoms with Gasteiger partial charge in [-0.3, -0.25) is 0 Å². The molecule has 0 aliphatic heterocycles. The Morgan fingerprint density at radius 2 is 0.900 bits per heavy atom. The van der Waals surface area contributed by atoms with Gasteiger partial charge in [-0.05, 0) is 5.92 Å². The van der Waals surface area contributed by atoms with Crippen LogP contribution in [0.4, 0.5) is 0 Å². The van der Waals surface area contributed by atoms with E-state index in [1.165, 1.54) is 62.8 Å². The quantitative estimate of drug-likeness (QED) is 0.305. The van der Waals surface area contributed by atoms with E-state index in [1.54, 1.807) is 0 Å². The molecular weight excluding hydrogens is 331 g/mol. The Morgan fingerprint density at radius 3 is 1.25 bits per heavy atom. The molecule has 0 aliphatic carbocycles. The van der Waals surface area contributed by atoms with E-state index in [1.807, 2.05) is 0 Å². The molecule has 0 fully saturated rings. The molecule has 1 heteroatoms. The zero-order valence-electron chi connectivity index (χ0n) is 14.7. The fraction of sp³-hybridized carbons (Fsp3) is 1.00. The Morgan fingerprint density at radius 1 is 0.550 bits per heavy atom. The van der Waals surface area contributed by atoms with E-state index in [9.17, 15) is 0 Å². The van der Waals surface area contributed by atoms with Gasteiger partial charge in [-0.2, -0.15) is 0 Å². The van der Waals surface area contributed by atoms with E-state index >= 15 is 0 Å². The van der Waals surface area contributed by atoms with Crippen LogP contribution in [0.2, 0.25) is 5.02 Å². The van der Waals surface area contributed by atoms with Crippen LogP contribution in [0.3, 0.4) is 0 Å². The summed E-state index contributed by atoms with van der Waals surface area (Å²) in [6, 6.07) is 0. The van der Waals surface area contributed by atoms with E-state index in [0.29, 0.717) is 0 Å². The third-order valence-corrected chi connectivity index (χ3v) is 5.64. The van der Waals surface area contributed by atoms with Crippen molar-refractivity contribution in [2.24, 2.45) is 23.7 Å². The normalized spacial score (nSPS) is 16.4. The molecule has 0 saturated carbocycles. The molecule has 0 aromatic heterocycles. The van der Waals surface area contributed by atoms with Gasteiger partial charge in [-0.15, -0.1) is 0 Å². The van der Waals surface area contributed by atoms with Crippen LogP contribution in [0, 0.1) is 23.7 Å². The second-order valence-corrected chi connectivity index (χ2v) is 8.31. The summed E-state index contributed by atoms with van der Waals surface area (Å²) in [7, 11) is 0. The van der Waals surface area contributed by atoms with Crippen LogP contribution in [0.1, 0.15) is 92.4 Å². The van der Waals surface area contributed by atoms with Crippen LogP contribution in [0.25, 0.3) is 0 Å². The summed E-state index contributed by atoms with van der Waals surface area (Å²) in [6.45, 7) is 11.9. The SMILES string of the molecule is CC(C)CCCC(C)CCCC(C)CCCC(C)[CH2][Rh]. The minimum atomic E-state index is 0.880. The molecule has 3 atom stereocenters. The summed E-state index contributed by atoms with van der Waals surface area (Å²) >= 11 is 3.05. The standard InChI is InChI=1S/C19H39.Rh/c1-16(2)10-7-12-18(5)14-9-15-19(6)13-8-11-17(3)4;/h16-19H,1,7-15H2,2-6H3;. The van der Waals surface area contributed by atoms with Crippen molar-refractivity contribution in [2.75, 3.05) is 0 Å². The zero-order valence-corrected chi connectivity index (χ0v) is 16.4. The molecule has 0 saturated heterocycles. The first-order chi connectivity index (χ1) is 9.45. The first-order valence-electron chi connectivity index (χ1n) is 8.98. The second-order valence-electron chi connectivity index (χ2n) is 7.64. The maximum atomic E-state index is 3.05. The van der Waals surface area contributed by atoms with Crippen molar-refractivity contribution in [2.45, 2.75) is 97.4 Å². The van der Waals surface area contributed by atoms with Crippen molar-refractivity contribution in [1.29, 1.82) is 0 Å². The summed E-state index contributed by atoms with van der Waals surface area (Å²) in [5.41, 5.74) is 0. The monoisotopic (exact) mass is 370 g/mol. The first kappa shape index (κ1) is 20.6. The molecule has 0 heterocycles. The fourth-order valence-electron chi connectivity index (χ4n) is 2.86. The molecule has 3 unspecified atom stereocenters. The van der Waals surface area contributed by atoms with E-state index in [4.69, 9.17) is 0 Å². The summed E-state index contributed by atoms with van der Waals surface area (Å²) in [5.74, 6) is 3.64. The van der Waals surface area contributed by atoms with Crippen molar-refractivity contribution in [3.05, 3.63) is 0 Å². The summed E-state index contributed by atoms with van der Waals surface area (Å²) in [4.78, 5) is 0. The third kappa shape index (κ3) is 13.6. The van der Waals surface area contributed by atoms with Crippen molar-refractivity contribution < 1.29 is 18.3 Å². The molecule has 0 aromatic carbocycles. The van der Waals surface area contributed by atoms with Crippen LogP contribution in [0.15, 0.2) is 0 Å². The van der Waals surface area contributed by atoms with Crippen molar-refractivity contribution >= 4 is 0 Å². The van der Waals surface area contributed by atoms with Gasteiger partial charge in [0.25, 0.3) is 0 Å². The van der Waals surface area contributed by atoms with Gasteiger partial charge in [0.15, 0.2) is 0 Å². The van der Waals surface area contributed by atoms with E-state index < -0.39 is 0 Å². The van der Waals surface area contributed by atoms with Gasteiger partial charge >= 0.3 is 113 Å². The van der Waals surface area contributed by atoms with Gasteiger partial charge in [0.05, 0.1) is 0 Å². The Labute approximate surface area is 139 Å². The fourth-order valence-corrected chi connectivity index (χ4v) is 3.20. The first-order valence-corrected chi connectivity index (χ1v) is 10.1. The molecule has 0 N–H and O–H groups in total. The van der Waals surface area contributed by atoms with Crippen LogP contribution >= 0.6 is 0 Å². The minimum absolute atomic E-state index is 0.880. The Hall–Kier alpha value is 0.623. The molecule has 0 aromatic rings. The molecule has 0 bridgehead atoms. The number of hydrogen-bond acceptors (Lipinski definition) is 0. The molecule has 0 spiro atoms. The third-order valence-electron chi connectivity index (χ3n) is 4.50. The summed E-state index contributed by atoms with van der Waals surface area (Å²) in [5, 5.41) is 1.24. The van der Waals surface area contributed by atoms with E-state index in [2.05, 4.69) is 52.9 Å². The summed E-state index contributed by atoms with van der Waals surface area (Å²) < 4.78 is 0. The predicted octanol–water partition coefficient (Wildman–Crippen LogP) is 7.03. The number of hydrogen-bond donors (Lipinski definition) is 0. The van der Waals surface area contributed by atoms with Crippen molar-refractivity contribution in [3.63, 3.8) is 0 Å². The average molecular weight is 370 g/mol. The van der Waals surface area contributed by atoms with Crippen molar-refractivity contribution in [1.82, 2.24) is 0 Å². The van der Waals surface area contributed by atoms with Gasteiger partial charge in [0.1, 0.15) is 0 Å². The maximum absolute atomic E-state index is 3.05. The van der Waals surface area contributed by atoms with E-state index in [0.717, 1.165) is 23.7 Å². The summed E-state index contributed by atoms with van der Waals surface area (Å²) in [6.07, 6.45) is 12.9. The predicted molar refractivity (Wildman–Crippen MR) is 88.7 cm³/mol. The zero-order chi connectivity index (χ0) is 15.4. The molecule has 124 valence electrons. The molecule has 0 rings (SSSR count). The Bertz CT molecular complexity index is 200. The van der Waals surface area contributed by atoms with Gasteiger partial charge in [0, 0.05) is 0 Å². The average Bonchev–Trinajstić information content (AvgIpc) is 2.38. The van der Waals surface area contributed by atoms with Gasteiger partial charge < -0.3 is 0 Å². The van der Waals surface area contributed by atoms with Crippen LogP contribution in [-0.2, 0) is 18.3 Å². The molecule has 0 radical (unpaired) electrons. The van der Waals surface area contributed by atoms with Crippen LogP contribution in [0.5, 0.6) is 0 Å².